The van der Waals surface area contributed by atoms with Gasteiger partial charge in [0.25, 0.3) is 11.8 Å². The number of amides is 2. The SMILES string of the molecule is COc1cc(F)c(O[C@H]2CC[C@@](C)(C(=O)O)CC2)cc1C(=O)Nc1c(C)cccc1C(=O)NCC1(C)CCC1. The number of benzene rings is 2. The zero-order valence-corrected chi connectivity index (χ0v) is 23.0. The molecule has 3 N–H and O–H groups in total. The van der Waals surface area contributed by atoms with Gasteiger partial charge in [-0.1, -0.05) is 25.5 Å². The topological polar surface area (TPSA) is 114 Å². The minimum absolute atomic E-state index is 0.0249. The average Bonchev–Trinajstić information content (AvgIpc) is 2.89. The van der Waals surface area contributed by atoms with Crippen LogP contribution in [0.1, 0.15) is 85.1 Å². The van der Waals surface area contributed by atoms with E-state index < -0.39 is 23.1 Å². The van der Waals surface area contributed by atoms with Crippen molar-refractivity contribution in [3.8, 4) is 11.5 Å². The van der Waals surface area contributed by atoms with E-state index in [2.05, 4.69) is 17.6 Å². The molecule has 0 aromatic heterocycles. The molecule has 2 aliphatic carbocycles. The van der Waals surface area contributed by atoms with Gasteiger partial charge in [0.05, 0.1) is 35.4 Å². The van der Waals surface area contributed by atoms with Gasteiger partial charge in [-0.3, -0.25) is 14.4 Å². The van der Waals surface area contributed by atoms with Crippen molar-refractivity contribution in [2.75, 3.05) is 19.0 Å². The largest absolute Gasteiger partial charge is 0.496 e. The summed E-state index contributed by atoms with van der Waals surface area (Å²) in [5.41, 5.74) is 0.742. The van der Waals surface area contributed by atoms with Crippen LogP contribution < -0.4 is 20.1 Å². The maximum atomic E-state index is 14.9. The average molecular weight is 541 g/mol. The molecule has 9 heteroatoms. The van der Waals surface area contributed by atoms with E-state index in [0.717, 1.165) is 25.3 Å². The van der Waals surface area contributed by atoms with Crippen molar-refractivity contribution in [1.29, 1.82) is 0 Å². The molecular formula is C30H37FN2O6. The van der Waals surface area contributed by atoms with Crippen LogP contribution in [0.15, 0.2) is 30.3 Å². The van der Waals surface area contributed by atoms with E-state index in [1.165, 1.54) is 13.2 Å². The van der Waals surface area contributed by atoms with E-state index in [9.17, 15) is 23.9 Å². The number of para-hydroxylation sites is 1. The van der Waals surface area contributed by atoms with Crippen LogP contribution in [0.25, 0.3) is 0 Å². The zero-order valence-electron chi connectivity index (χ0n) is 23.0. The lowest BCUT2D eigenvalue weighted by Crippen LogP contribution is -2.40. The van der Waals surface area contributed by atoms with Crippen molar-refractivity contribution in [2.24, 2.45) is 10.8 Å². The molecule has 210 valence electrons. The molecule has 0 radical (unpaired) electrons. The first kappa shape index (κ1) is 28.4. The first-order valence-electron chi connectivity index (χ1n) is 13.4. The highest BCUT2D eigenvalue weighted by Crippen LogP contribution is 2.40. The van der Waals surface area contributed by atoms with Gasteiger partial charge < -0.3 is 25.2 Å². The molecule has 2 aromatic rings. The smallest absolute Gasteiger partial charge is 0.309 e. The highest BCUT2D eigenvalue weighted by Gasteiger charge is 2.38. The molecule has 0 saturated heterocycles. The molecule has 39 heavy (non-hydrogen) atoms. The van der Waals surface area contributed by atoms with Crippen LogP contribution in [-0.4, -0.2) is 42.6 Å². The third-order valence-electron chi connectivity index (χ3n) is 8.34. The summed E-state index contributed by atoms with van der Waals surface area (Å²) in [6, 6.07) is 7.60. The Balaban J connectivity index is 1.53. The van der Waals surface area contributed by atoms with Crippen LogP contribution in [-0.2, 0) is 4.79 Å². The van der Waals surface area contributed by atoms with Gasteiger partial charge in [0, 0.05) is 12.6 Å². The number of anilines is 1. The maximum absolute atomic E-state index is 14.9. The van der Waals surface area contributed by atoms with Gasteiger partial charge in [0.2, 0.25) is 0 Å². The first-order valence-corrected chi connectivity index (χ1v) is 13.4. The Hall–Kier alpha value is -3.62. The van der Waals surface area contributed by atoms with Crippen molar-refractivity contribution in [3.63, 3.8) is 0 Å². The summed E-state index contributed by atoms with van der Waals surface area (Å²) in [4.78, 5) is 38.0. The lowest BCUT2D eigenvalue weighted by molar-refractivity contribution is -0.150. The second-order valence-corrected chi connectivity index (χ2v) is 11.5. The Bertz CT molecular complexity index is 1260. The predicted molar refractivity (Wildman–Crippen MR) is 145 cm³/mol. The Labute approximate surface area is 228 Å². The van der Waals surface area contributed by atoms with Crippen molar-refractivity contribution in [1.82, 2.24) is 5.32 Å². The van der Waals surface area contributed by atoms with Gasteiger partial charge in [-0.2, -0.15) is 0 Å². The summed E-state index contributed by atoms with van der Waals surface area (Å²) in [7, 11) is 1.34. The second-order valence-electron chi connectivity index (χ2n) is 11.5. The maximum Gasteiger partial charge on any atom is 0.309 e. The number of hydrogen-bond acceptors (Lipinski definition) is 5. The number of ether oxygens (including phenoxy) is 2. The number of aliphatic carboxylic acids is 1. The summed E-state index contributed by atoms with van der Waals surface area (Å²) >= 11 is 0. The normalized spacial score (nSPS) is 21.8. The Morgan fingerprint density at radius 1 is 1.03 bits per heavy atom. The molecular weight excluding hydrogens is 503 g/mol. The Morgan fingerprint density at radius 2 is 1.72 bits per heavy atom. The third kappa shape index (κ3) is 6.18. The highest BCUT2D eigenvalue weighted by molar-refractivity contribution is 6.11. The molecule has 0 unspecified atom stereocenters. The van der Waals surface area contributed by atoms with Gasteiger partial charge in [-0.25, -0.2) is 4.39 Å². The number of aryl methyl sites for hydroxylation is 1. The van der Waals surface area contributed by atoms with Crippen LogP contribution in [0.4, 0.5) is 10.1 Å². The molecule has 2 aromatic carbocycles. The van der Waals surface area contributed by atoms with Gasteiger partial charge in [0.1, 0.15) is 5.75 Å². The third-order valence-corrected chi connectivity index (χ3v) is 8.34. The van der Waals surface area contributed by atoms with Crippen LogP contribution in [0.3, 0.4) is 0 Å². The summed E-state index contributed by atoms with van der Waals surface area (Å²) in [5.74, 6) is -2.47. The van der Waals surface area contributed by atoms with Crippen LogP contribution >= 0.6 is 0 Å². The van der Waals surface area contributed by atoms with Gasteiger partial charge in [-0.15, -0.1) is 0 Å². The fourth-order valence-corrected chi connectivity index (χ4v) is 5.26. The molecule has 0 heterocycles. The zero-order chi connectivity index (χ0) is 28.4. The molecule has 0 aliphatic heterocycles. The number of halogens is 1. The van der Waals surface area contributed by atoms with Gasteiger partial charge >= 0.3 is 5.97 Å². The fraction of sp³-hybridized carbons (Fsp3) is 0.500. The van der Waals surface area contributed by atoms with E-state index >= 15 is 0 Å². The lowest BCUT2D eigenvalue weighted by Gasteiger charge is -2.38. The Morgan fingerprint density at radius 3 is 2.31 bits per heavy atom. The molecule has 0 spiro atoms. The minimum atomic E-state index is -0.850. The number of carbonyl (C=O) groups excluding carboxylic acids is 2. The van der Waals surface area contributed by atoms with Gasteiger partial charge in [0.15, 0.2) is 11.6 Å². The summed E-state index contributed by atoms with van der Waals surface area (Å²) in [6.07, 6.45) is 4.66. The molecule has 2 aliphatic rings. The van der Waals surface area contributed by atoms with Crippen molar-refractivity contribution in [2.45, 2.75) is 71.8 Å². The number of rotatable bonds is 9. The molecule has 2 fully saturated rings. The van der Waals surface area contributed by atoms with Crippen molar-refractivity contribution >= 4 is 23.5 Å². The minimum Gasteiger partial charge on any atom is -0.496 e. The first-order chi connectivity index (χ1) is 18.4. The fourth-order valence-electron chi connectivity index (χ4n) is 5.26. The second kappa shape index (κ2) is 11.2. The molecule has 4 rings (SSSR count). The van der Waals surface area contributed by atoms with E-state index in [4.69, 9.17) is 9.47 Å². The quantitative estimate of drug-likeness (QED) is 0.375. The number of hydrogen-bond donors (Lipinski definition) is 3. The highest BCUT2D eigenvalue weighted by atomic mass is 19.1. The van der Waals surface area contributed by atoms with E-state index in [-0.39, 0.29) is 34.5 Å². The number of nitrogens with one attached hydrogen (secondary N) is 2. The standard InChI is InChI=1S/C30H37FN2O6/c1-18-7-5-8-20(26(34)32-17-29(2)11-6-12-29)25(18)33-27(35)21-15-24(22(31)16-23(21)38-4)39-19-9-13-30(3,14-10-19)28(36)37/h5,7-8,15-16,19H,6,9-14,17H2,1-4H3,(H,32,34)(H,33,35)(H,36,37)/t19-,30+. The lowest BCUT2D eigenvalue weighted by atomic mass is 9.70. The monoisotopic (exact) mass is 540 g/mol. The van der Waals surface area contributed by atoms with E-state index in [0.29, 0.717) is 49.0 Å². The van der Waals surface area contributed by atoms with Crippen LogP contribution in [0.2, 0.25) is 0 Å². The van der Waals surface area contributed by atoms with Gasteiger partial charge in [-0.05, 0) is 75.5 Å². The van der Waals surface area contributed by atoms with E-state index in [1.807, 2.05) is 0 Å². The number of carboxylic acid groups (broad SMARTS) is 1. The molecule has 2 saturated carbocycles. The predicted octanol–water partition coefficient (Wildman–Crippen LogP) is 5.73. The molecule has 8 nitrogen and oxygen atoms in total. The van der Waals surface area contributed by atoms with Crippen LogP contribution in [0.5, 0.6) is 11.5 Å². The molecule has 2 amide bonds. The van der Waals surface area contributed by atoms with Crippen molar-refractivity contribution < 1.29 is 33.4 Å². The van der Waals surface area contributed by atoms with E-state index in [1.54, 1.807) is 32.0 Å². The summed E-state index contributed by atoms with van der Waals surface area (Å²) in [6.45, 7) is 6.21. The molecule has 0 atom stereocenters. The Kier molecular flexibility index (Phi) is 8.18. The summed E-state index contributed by atoms with van der Waals surface area (Å²) < 4.78 is 26.1. The van der Waals surface area contributed by atoms with Crippen LogP contribution in [0, 0.1) is 23.6 Å². The number of carboxylic acids is 1. The molecule has 0 bridgehead atoms. The number of methoxy groups -OCH3 is 1. The summed E-state index contributed by atoms with van der Waals surface area (Å²) in [5, 5.41) is 15.3. The number of carbonyl (C=O) groups is 3. The van der Waals surface area contributed by atoms with Crippen molar-refractivity contribution in [3.05, 3.63) is 52.8 Å².